The van der Waals surface area contributed by atoms with Crippen LogP contribution < -0.4 is 11.1 Å². The first-order valence-corrected chi connectivity index (χ1v) is 7.72. The molecule has 2 aliphatic rings. The second-order valence-electron chi connectivity index (χ2n) is 6.71. The van der Waals surface area contributed by atoms with E-state index in [0.29, 0.717) is 17.8 Å². The Morgan fingerprint density at radius 1 is 1.30 bits per heavy atom. The first-order chi connectivity index (χ1) is 9.56. The van der Waals surface area contributed by atoms with E-state index in [0.717, 1.165) is 12.1 Å². The van der Waals surface area contributed by atoms with Crippen molar-refractivity contribution in [2.24, 2.45) is 23.5 Å². The summed E-state index contributed by atoms with van der Waals surface area (Å²) in [5.41, 5.74) is 8.39. The van der Waals surface area contributed by atoms with Crippen LogP contribution in [0.3, 0.4) is 0 Å². The van der Waals surface area contributed by atoms with Crippen LogP contribution in [0.25, 0.3) is 0 Å². The van der Waals surface area contributed by atoms with Crippen LogP contribution in [0.1, 0.15) is 44.6 Å². The summed E-state index contributed by atoms with van der Waals surface area (Å²) in [6.45, 7) is 4.32. The van der Waals surface area contributed by atoms with Crippen LogP contribution in [0, 0.1) is 17.8 Å². The number of anilines is 1. The predicted molar refractivity (Wildman–Crippen MR) is 81.5 cm³/mol. The Kier molecular flexibility index (Phi) is 3.55. The maximum absolute atomic E-state index is 12.5. The van der Waals surface area contributed by atoms with Crippen molar-refractivity contribution in [3.63, 3.8) is 0 Å². The Hall–Kier alpha value is -1.35. The number of amides is 1. The van der Waals surface area contributed by atoms with Crippen LogP contribution in [0.4, 0.5) is 5.69 Å². The monoisotopic (exact) mass is 272 g/mol. The van der Waals surface area contributed by atoms with Gasteiger partial charge in [-0.15, -0.1) is 0 Å². The molecule has 0 radical (unpaired) electrons. The number of nitrogens with two attached hydrogens (primary N) is 1. The molecule has 0 aromatic heterocycles. The third kappa shape index (κ3) is 2.35. The summed E-state index contributed by atoms with van der Waals surface area (Å²) in [7, 11) is 0. The van der Waals surface area contributed by atoms with E-state index in [4.69, 9.17) is 5.73 Å². The van der Waals surface area contributed by atoms with E-state index in [1.807, 2.05) is 12.1 Å². The Morgan fingerprint density at radius 3 is 2.70 bits per heavy atom. The number of carbonyl (C=O) groups is 1. The molecule has 3 nitrogen and oxygen atoms in total. The van der Waals surface area contributed by atoms with Crippen molar-refractivity contribution < 1.29 is 4.79 Å². The van der Waals surface area contributed by atoms with Crippen LogP contribution in [0.15, 0.2) is 24.3 Å². The average Bonchev–Trinajstić information content (AvgIpc) is 2.99. The highest BCUT2D eigenvalue weighted by molar-refractivity contribution is 5.93. The van der Waals surface area contributed by atoms with E-state index < -0.39 is 0 Å². The molecule has 1 amide bonds. The lowest BCUT2D eigenvalue weighted by molar-refractivity contribution is -0.121. The van der Waals surface area contributed by atoms with Gasteiger partial charge in [-0.3, -0.25) is 4.79 Å². The van der Waals surface area contributed by atoms with Gasteiger partial charge in [0.25, 0.3) is 0 Å². The van der Waals surface area contributed by atoms with Gasteiger partial charge in [-0.2, -0.15) is 0 Å². The van der Waals surface area contributed by atoms with E-state index >= 15 is 0 Å². The lowest BCUT2D eigenvalue weighted by Gasteiger charge is -2.27. The van der Waals surface area contributed by atoms with Crippen molar-refractivity contribution in [3.8, 4) is 0 Å². The molecule has 2 aliphatic carbocycles. The third-order valence-corrected chi connectivity index (χ3v) is 5.10. The molecule has 3 heteroatoms. The van der Waals surface area contributed by atoms with E-state index in [-0.39, 0.29) is 17.9 Å². The number of hydrogen-bond acceptors (Lipinski definition) is 2. The average molecular weight is 272 g/mol. The lowest BCUT2D eigenvalue weighted by atomic mass is 9.84. The van der Waals surface area contributed by atoms with Crippen molar-refractivity contribution in [3.05, 3.63) is 29.8 Å². The van der Waals surface area contributed by atoms with Crippen LogP contribution >= 0.6 is 0 Å². The van der Waals surface area contributed by atoms with Gasteiger partial charge in [0.1, 0.15) is 0 Å². The molecule has 0 saturated heterocycles. The van der Waals surface area contributed by atoms with Gasteiger partial charge in [0.2, 0.25) is 5.91 Å². The first-order valence-electron chi connectivity index (χ1n) is 7.72. The topological polar surface area (TPSA) is 55.1 Å². The molecule has 2 bridgehead atoms. The van der Waals surface area contributed by atoms with E-state index in [2.05, 4.69) is 31.3 Å². The molecule has 108 valence electrons. The Bertz CT molecular complexity index is 509. The van der Waals surface area contributed by atoms with Crippen LogP contribution in [0.2, 0.25) is 0 Å². The van der Waals surface area contributed by atoms with Crippen LogP contribution in [0.5, 0.6) is 0 Å². The molecule has 0 spiro atoms. The highest BCUT2D eigenvalue weighted by Gasteiger charge is 2.49. The fraction of sp³-hybridized carbons (Fsp3) is 0.588. The van der Waals surface area contributed by atoms with Gasteiger partial charge in [-0.05, 0) is 54.7 Å². The van der Waals surface area contributed by atoms with Gasteiger partial charge in [0, 0.05) is 11.7 Å². The quantitative estimate of drug-likeness (QED) is 0.888. The van der Waals surface area contributed by atoms with Crippen LogP contribution in [-0.4, -0.2) is 11.9 Å². The summed E-state index contributed by atoms with van der Waals surface area (Å²) < 4.78 is 0. The first kappa shape index (κ1) is 13.6. The maximum Gasteiger partial charge on any atom is 0.229 e. The van der Waals surface area contributed by atoms with Gasteiger partial charge in [-0.1, -0.05) is 26.0 Å². The molecule has 20 heavy (non-hydrogen) atoms. The normalized spacial score (nSPS) is 31.8. The van der Waals surface area contributed by atoms with E-state index in [9.17, 15) is 4.79 Å². The zero-order valence-corrected chi connectivity index (χ0v) is 12.3. The molecule has 1 aromatic carbocycles. The summed E-state index contributed by atoms with van der Waals surface area (Å²) in [5, 5.41) is 3.08. The van der Waals surface area contributed by atoms with E-state index in [1.165, 1.54) is 18.4 Å². The number of rotatable bonds is 3. The fourth-order valence-electron chi connectivity index (χ4n) is 3.93. The van der Waals surface area contributed by atoms with Gasteiger partial charge in [-0.25, -0.2) is 0 Å². The second kappa shape index (κ2) is 5.21. The standard InChI is InChI=1S/C17H24N2O/c1-10(2)11-4-3-5-14(9-11)19-17(20)15-12-6-7-13(8-12)16(15)18/h3-5,9-10,12-13,15-16H,6-8,18H2,1-2H3,(H,19,20). The summed E-state index contributed by atoms with van der Waals surface area (Å²) in [6, 6.07) is 8.20. The minimum Gasteiger partial charge on any atom is -0.327 e. The SMILES string of the molecule is CC(C)c1cccc(NC(=O)C2C3CCC(C3)C2N)c1. The summed E-state index contributed by atoms with van der Waals surface area (Å²) in [6.07, 6.45) is 3.52. The molecular formula is C17H24N2O. The molecule has 2 fully saturated rings. The Labute approximate surface area is 120 Å². The number of carbonyl (C=O) groups excluding carboxylic acids is 1. The zero-order valence-electron chi connectivity index (χ0n) is 12.3. The van der Waals surface area contributed by atoms with Crippen molar-refractivity contribution in [1.29, 1.82) is 0 Å². The smallest absolute Gasteiger partial charge is 0.229 e. The number of hydrogen-bond donors (Lipinski definition) is 2. The molecule has 3 N–H and O–H groups in total. The largest absolute Gasteiger partial charge is 0.327 e. The van der Waals surface area contributed by atoms with Gasteiger partial charge >= 0.3 is 0 Å². The van der Waals surface area contributed by atoms with E-state index in [1.54, 1.807) is 0 Å². The Morgan fingerprint density at radius 2 is 2.05 bits per heavy atom. The molecule has 0 heterocycles. The number of fused-ring (bicyclic) bond motifs is 2. The van der Waals surface area contributed by atoms with Crippen molar-refractivity contribution >= 4 is 11.6 Å². The predicted octanol–water partition coefficient (Wildman–Crippen LogP) is 3.12. The highest BCUT2D eigenvalue weighted by Crippen LogP contribution is 2.47. The maximum atomic E-state index is 12.5. The molecular weight excluding hydrogens is 248 g/mol. The van der Waals surface area contributed by atoms with Gasteiger partial charge < -0.3 is 11.1 Å². The number of benzene rings is 1. The third-order valence-electron chi connectivity index (χ3n) is 5.10. The molecule has 0 aliphatic heterocycles. The molecule has 4 unspecified atom stereocenters. The summed E-state index contributed by atoms with van der Waals surface area (Å²) in [5.74, 6) is 1.67. The molecule has 2 saturated carbocycles. The Balaban J connectivity index is 1.72. The summed E-state index contributed by atoms with van der Waals surface area (Å²) >= 11 is 0. The van der Waals surface area contributed by atoms with Gasteiger partial charge in [0.15, 0.2) is 0 Å². The van der Waals surface area contributed by atoms with Crippen molar-refractivity contribution in [2.75, 3.05) is 5.32 Å². The molecule has 1 aromatic rings. The van der Waals surface area contributed by atoms with Crippen molar-refractivity contribution in [1.82, 2.24) is 0 Å². The summed E-state index contributed by atoms with van der Waals surface area (Å²) in [4.78, 5) is 12.5. The van der Waals surface area contributed by atoms with Gasteiger partial charge in [0.05, 0.1) is 5.92 Å². The second-order valence-corrected chi connectivity index (χ2v) is 6.71. The minimum absolute atomic E-state index is 0.0106. The lowest BCUT2D eigenvalue weighted by Crippen LogP contribution is -2.42. The molecule has 4 atom stereocenters. The fourth-order valence-corrected chi connectivity index (χ4v) is 3.93. The van der Waals surface area contributed by atoms with Crippen LogP contribution in [-0.2, 0) is 4.79 Å². The zero-order chi connectivity index (χ0) is 14.3. The number of nitrogens with one attached hydrogen (secondary N) is 1. The molecule has 3 rings (SSSR count). The van der Waals surface area contributed by atoms with Crippen molar-refractivity contribution in [2.45, 2.75) is 45.1 Å². The minimum atomic E-state index is 0.0106. The highest BCUT2D eigenvalue weighted by atomic mass is 16.2.